The fourth-order valence-corrected chi connectivity index (χ4v) is 4.11. The third kappa shape index (κ3) is 5.30. The summed E-state index contributed by atoms with van der Waals surface area (Å²) in [5, 5.41) is 11.2. The minimum Gasteiger partial charge on any atom is -0.480 e. The monoisotopic (exact) mass is 460 g/mol. The van der Waals surface area contributed by atoms with Gasteiger partial charge in [-0.15, -0.1) is 0 Å². The maximum Gasteiger partial charge on any atom is 0.407 e. The van der Waals surface area contributed by atoms with Crippen molar-refractivity contribution >= 4 is 18.0 Å². The average molecular weight is 460 g/mol. The number of alkyl carbamates (subject to hydrolysis) is 1. The molecule has 0 fully saturated rings. The standard InChI is InChI=1S/C24H26F2N2O5/c1-3-20(23(30)31)28(2)21(29)12-19(22(25)26)27-24(32)33-13-18-16-10-6-4-8-14(16)15-9-5-7-11-17(15)18/h4-11,18-20,22H,3,12-13H2,1-2H3,(H,27,32)(H,30,31). The first-order valence-corrected chi connectivity index (χ1v) is 10.6. The number of fused-ring (bicyclic) bond motifs is 3. The Balaban J connectivity index is 1.63. The zero-order valence-corrected chi connectivity index (χ0v) is 18.3. The number of carboxylic acids is 1. The predicted molar refractivity (Wildman–Crippen MR) is 117 cm³/mol. The number of rotatable bonds is 9. The van der Waals surface area contributed by atoms with Crippen LogP contribution in [-0.2, 0) is 14.3 Å². The summed E-state index contributed by atoms with van der Waals surface area (Å²) in [7, 11) is 1.24. The molecule has 7 nitrogen and oxygen atoms in total. The summed E-state index contributed by atoms with van der Waals surface area (Å²) in [6.45, 7) is 1.52. The van der Waals surface area contributed by atoms with Gasteiger partial charge in [0.25, 0.3) is 6.43 Å². The second-order valence-corrected chi connectivity index (χ2v) is 7.88. The van der Waals surface area contributed by atoms with Gasteiger partial charge in [-0.2, -0.15) is 0 Å². The summed E-state index contributed by atoms with van der Waals surface area (Å²) < 4.78 is 32.3. The first-order chi connectivity index (χ1) is 15.7. The first kappa shape index (κ1) is 24.2. The van der Waals surface area contributed by atoms with Crippen molar-refractivity contribution in [3.05, 3.63) is 59.7 Å². The number of carbonyl (C=O) groups is 3. The summed E-state index contributed by atoms with van der Waals surface area (Å²) in [4.78, 5) is 36.8. The molecule has 0 saturated heterocycles. The summed E-state index contributed by atoms with van der Waals surface area (Å²) >= 11 is 0. The quantitative estimate of drug-likeness (QED) is 0.592. The number of carboxylic acid groups (broad SMARTS) is 1. The van der Waals surface area contributed by atoms with Crippen molar-refractivity contribution in [3.63, 3.8) is 0 Å². The molecule has 1 aliphatic rings. The van der Waals surface area contributed by atoms with E-state index in [4.69, 9.17) is 9.84 Å². The Hall–Kier alpha value is -3.49. The van der Waals surface area contributed by atoms with Crippen LogP contribution in [0.15, 0.2) is 48.5 Å². The summed E-state index contributed by atoms with van der Waals surface area (Å²) in [6, 6.07) is 12.5. The summed E-state index contributed by atoms with van der Waals surface area (Å²) in [6.07, 6.45) is -4.73. The van der Waals surface area contributed by atoms with E-state index in [1.54, 1.807) is 6.92 Å². The van der Waals surface area contributed by atoms with E-state index < -0.39 is 42.9 Å². The van der Waals surface area contributed by atoms with Gasteiger partial charge in [0.05, 0.1) is 6.42 Å². The van der Waals surface area contributed by atoms with Gasteiger partial charge >= 0.3 is 12.1 Å². The highest BCUT2D eigenvalue weighted by Gasteiger charge is 2.32. The van der Waals surface area contributed by atoms with Crippen LogP contribution < -0.4 is 5.32 Å². The van der Waals surface area contributed by atoms with Crippen molar-refractivity contribution in [1.82, 2.24) is 10.2 Å². The molecule has 0 aliphatic heterocycles. The summed E-state index contributed by atoms with van der Waals surface area (Å²) in [5.41, 5.74) is 4.02. The van der Waals surface area contributed by atoms with Gasteiger partial charge in [0.2, 0.25) is 5.91 Å². The lowest BCUT2D eigenvalue weighted by Gasteiger charge is -2.26. The Kier molecular flexibility index (Phi) is 7.63. The number of amides is 2. The Morgan fingerprint density at radius 2 is 1.61 bits per heavy atom. The van der Waals surface area contributed by atoms with Crippen molar-refractivity contribution in [2.45, 2.75) is 44.2 Å². The molecular weight excluding hydrogens is 434 g/mol. The minimum atomic E-state index is -3.03. The Morgan fingerprint density at radius 3 is 2.09 bits per heavy atom. The average Bonchev–Trinajstić information content (AvgIpc) is 3.11. The molecule has 33 heavy (non-hydrogen) atoms. The molecule has 0 radical (unpaired) electrons. The highest BCUT2D eigenvalue weighted by Crippen LogP contribution is 2.44. The minimum absolute atomic E-state index is 0.0550. The molecule has 0 bridgehead atoms. The molecule has 2 aromatic rings. The number of nitrogens with zero attached hydrogens (tertiary/aromatic N) is 1. The molecule has 2 atom stereocenters. The molecule has 9 heteroatoms. The van der Waals surface area contributed by atoms with Crippen LogP contribution >= 0.6 is 0 Å². The van der Waals surface area contributed by atoms with E-state index in [0.717, 1.165) is 27.2 Å². The SMILES string of the molecule is CCC(C(=O)O)N(C)C(=O)CC(NC(=O)OCC1c2ccccc2-c2ccccc21)C(F)F. The number of hydrogen-bond donors (Lipinski definition) is 2. The molecule has 0 aromatic heterocycles. The van der Waals surface area contributed by atoms with Gasteiger partial charge in [-0.1, -0.05) is 55.5 Å². The first-order valence-electron chi connectivity index (χ1n) is 10.6. The molecule has 2 amide bonds. The molecule has 176 valence electrons. The van der Waals surface area contributed by atoms with Crippen molar-refractivity contribution < 1.29 is 33.0 Å². The van der Waals surface area contributed by atoms with Gasteiger partial charge in [-0.25, -0.2) is 18.4 Å². The third-order valence-electron chi connectivity index (χ3n) is 5.88. The number of benzene rings is 2. The fraction of sp³-hybridized carbons (Fsp3) is 0.375. The van der Waals surface area contributed by atoms with E-state index in [1.165, 1.54) is 7.05 Å². The van der Waals surface area contributed by atoms with Crippen molar-refractivity contribution in [3.8, 4) is 11.1 Å². The fourth-order valence-electron chi connectivity index (χ4n) is 4.11. The molecule has 0 spiro atoms. The van der Waals surface area contributed by atoms with Crippen LogP contribution in [0.5, 0.6) is 0 Å². The van der Waals surface area contributed by atoms with Gasteiger partial charge in [-0.05, 0) is 28.7 Å². The van der Waals surface area contributed by atoms with E-state index in [2.05, 4.69) is 5.32 Å². The second-order valence-electron chi connectivity index (χ2n) is 7.88. The Labute approximate surface area is 190 Å². The number of halogens is 2. The number of ether oxygens (including phenoxy) is 1. The molecule has 0 heterocycles. The lowest BCUT2D eigenvalue weighted by molar-refractivity contribution is -0.149. The highest BCUT2D eigenvalue weighted by atomic mass is 19.3. The molecule has 2 N–H and O–H groups in total. The molecule has 2 aromatic carbocycles. The number of alkyl halides is 2. The molecule has 1 aliphatic carbocycles. The van der Waals surface area contributed by atoms with Gasteiger partial charge < -0.3 is 20.1 Å². The predicted octanol–water partition coefficient (Wildman–Crippen LogP) is 3.87. The van der Waals surface area contributed by atoms with Gasteiger partial charge in [0.15, 0.2) is 0 Å². The lowest BCUT2D eigenvalue weighted by atomic mass is 9.98. The second kappa shape index (κ2) is 10.4. The number of carbonyl (C=O) groups excluding carboxylic acids is 2. The largest absolute Gasteiger partial charge is 0.480 e. The Morgan fingerprint density at radius 1 is 1.06 bits per heavy atom. The van der Waals surface area contributed by atoms with Gasteiger partial charge in [0.1, 0.15) is 18.7 Å². The van der Waals surface area contributed by atoms with Crippen molar-refractivity contribution in [1.29, 1.82) is 0 Å². The maximum atomic E-state index is 13.5. The van der Waals surface area contributed by atoms with Gasteiger partial charge in [0, 0.05) is 13.0 Å². The van der Waals surface area contributed by atoms with Gasteiger partial charge in [-0.3, -0.25) is 4.79 Å². The van der Waals surface area contributed by atoms with Crippen molar-refractivity contribution in [2.24, 2.45) is 0 Å². The number of likely N-dealkylation sites (N-methyl/N-ethyl adjacent to an activating group) is 1. The van der Waals surface area contributed by atoms with Crippen LogP contribution in [-0.4, -0.2) is 60.1 Å². The third-order valence-corrected chi connectivity index (χ3v) is 5.88. The van der Waals surface area contributed by atoms with Crippen LogP contribution in [0.2, 0.25) is 0 Å². The Bertz CT molecular complexity index is 984. The van der Waals surface area contributed by atoms with Crippen LogP contribution in [0.25, 0.3) is 11.1 Å². The zero-order chi connectivity index (χ0) is 24.1. The number of nitrogens with one attached hydrogen (secondary N) is 1. The number of hydrogen-bond acceptors (Lipinski definition) is 4. The zero-order valence-electron chi connectivity index (χ0n) is 18.3. The molecule has 3 rings (SSSR count). The normalized spacial score (nSPS) is 14.2. The number of aliphatic carboxylic acids is 1. The van der Waals surface area contributed by atoms with Crippen LogP contribution in [0, 0.1) is 0 Å². The highest BCUT2D eigenvalue weighted by molar-refractivity contribution is 5.84. The lowest BCUT2D eigenvalue weighted by Crippen LogP contribution is -2.47. The summed E-state index contributed by atoms with van der Waals surface area (Å²) in [5.74, 6) is -2.28. The van der Waals surface area contributed by atoms with Crippen LogP contribution in [0.1, 0.15) is 36.8 Å². The topological polar surface area (TPSA) is 95.9 Å². The van der Waals surface area contributed by atoms with Crippen LogP contribution in [0.3, 0.4) is 0 Å². The van der Waals surface area contributed by atoms with E-state index in [9.17, 15) is 23.2 Å². The van der Waals surface area contributed by atoms with Crippen molar-refractivity contribution in [2.75, 3.05) is 13.7 Å². The molecule has 0 saturated carbocycles. The van der Waals surface area contributed by atoms with E-state index in [-0.39, 0.29) is 18.9 Å². The van der Waals surface area contributed by atoms with Crippen LogP contribution in [0.4, 0.5) is 13.6 Å². The van der Waals surface area contributed by atoms with E-state index in [0.29, 0.717) is 0 Å². The molecule has 2 unspecified atom stereocenters. The maximum absolute atomic E-state index is 13.5. The molecular formula is C24H26F2N2O5. The van der Waals surface area contributed by atoms with E-state index in [1.807, 2.05) is 48.5 Å². The smallest absolute Gasteiger partial charge is 0.407 e. The van der Waals surface area contributed by atoms with E-state index >= 15 is 0 Å².